The van der Waals surface area contributed by atoms with Crippen molar-refractivity contribution in [2.75, 3.05) is 19.6 Å². The van der Waals surface area contributed by atoms with Crippen LogP contribution in [0.3, 0.4) is 0 Å². The molecule has 2 nitrogen and oxygen atoms in total. The van der Waals surface area contributed by atoms with Crippen LogP contribution in [0.25, 0.3) is 0 Å². The molecule has 92 valence electrons. The molecular formula is C13H29NO. The van der Waals surface area contributed by atoms with Gasteiger partial charge in [0.2, 0.25) is 0 Å². The average molecular weight is 215 g/mol. The van der Waals surface area contributed by atoms with Gasteiger partial charge in [-0.3, -0.25) is 0 Å². The third kappa shape index (κ3) is 8.88. The second-order valence-corrected chi connectivity index (χ2v) is 4.75. The second kappa shape index (κ2) is 9.17. The first kappa shape index (κ1) is 14.9. The van der Waals surface area contributed by atoms with E-state index in [0.717, 1.165) is 25.3 Å². The predicted octanol–water partition coefficient (Wildman–Crippen LogP) is 2.91. The van der Waals surface area contributed by atoms with E-state index in [9.17, 15) is 0 Å². The van der Waals surface area contributed by atoms with Crippen molar-refractivity contribution in [1.82, 2.24) is 4.90 Å². The first-order valence-corrected chi connectivity index (χ1v) is 6.50. The highest BCUT2D eigenvalue weighted by Gasteiger charge is 2.06. The predicted molar refractivity (Wildman–Crippen MR) is 67.1 cm³/mol. The van der Waals surface area contributed by atoms with Gasteiger partial charge in [-0.2, -0.15) is 0 Å². The zero-order valence-corrected chi connectivity index (χ0v) is 11.0. The van der Waals surface area contributed by atoms with Crippen molar-refractivity contribution in [2.24, 2.45) is 5.92 Å². The topological polar surface area (TPSA) is 23.5 Å². The van der Waals surface area contributed by atoms with E-state index in [4.69, 9.17) is 5.11 Å². The number of rotatable bonds is 9. The molecule has 2 unspecified atom stereocenters. The van der Waals surface area contributed by atoms with Crippen LogP contribution in [0.4, 0.5) is 0 Å². The van der Waals surface area contributed by atoms with Crippen LogP contribution in [0.5, 0.6) is 0 Å². The van der Waals surface area contributed by atoms with Crippen molar-refractivity contribution in [3.8, 4) is 0 Å². The maximum atomic E-state index is 9.14. The molecule has 2 atom stereocenters. The van der Waals surface area contributed by atoms with Gasteiger partial charge in [-0.05, 0) is 45.2 Å². The Morgan fingerprint density at radius 2 is 1.80 bits per heavy atom. The molecule has 0 heterocycles. The van der Waals surface area contributed by atoms with Crippen LogP contribution in [0.15, 0.2) is 0 Å². The molecule has 0 aliphatic heterocycles. The fourth-order valence-corrected chi connectivity index (χ4v) is 1.72. The number of hydrogen-bond acceptors (Lipinski definition) is 2. The largest absolute Gasteiger partial charge is 0.393 e. The third-order valence-electron chi connectivity index (χ3n) is 3.06. The first-order chi connectivity index (χ1) is 7.10. The summed E-state index contributed by atoms with van der Waals surface area (Å²) in [5.41, 5.74) is 0. The van der Waals surface area contributed by atoms with E-state index in [-0.39, 0.29) is 6.10 Å². The monoisotopic (exact) mass is 215 g/mol. The molecular weight excluding hydrogens is 186 g/mol. The standard InChI is InChI=1S/C13H29NO/c1-5-12(3)11-14(6-2)10-8-7-9-13(4)15/h12-13,15H,5-11H2,1-4H3. The number of unbranched alkanes of at least 4 members (excludes halogenated alkanes) is 1. The van der Waals surface area contributed by atoms with Gasteiger partial charge in [-0.15, -0.1) is 0 Å². The molecule has 0 rings (SSSR count). The maximum Gasteiger partial charge on any atom is 0.0512 e. The second-order valence-electron chi connectivity index (χ2n) is 4.75. The van der Waals surface area contributed by atoms with Gasteiger partial charge in [0.05, 0.1) is 6.10 Å². The highest BCUT2D eigenvalue weighted by molar-refractivity contribution is 4.61. The molecule has 0 aromatic heterocycles. The van der Waals surface area contributed by atoms with Gasteiger partial charge in [-0.25, -0.2) is 0 Å². The van der Waals surface area contributed by atoms with Crippen LogP contribution in [-0.4, -0.2) is 35.7 Å². The Labute approximate surface area is 95.7 Å². The summed E-state index contributed by atoms with van der Waals surface area (Å²) in [6.45, 7) is 12.2. The summed E-state index contributed by atoms with van der Waals surface area (Å²) in [5, 5.41) is 9.14. The summed E-state index contributed by atoms with van der Waals surface area (Å²) in [5.74, 6) is 0.807. The van der Waals surface area contributed by atoms with Crippen LogP contribution in [0, 0.1) is 5.92 Å². The van der Waals surface area contributed by atoms with E-state index < -0.39 is 0 Å². The summed E-state index contributed by atoms with van der Waals surface area (Å²) >= 11 is 0. The normalized spacial score (nSPS) is 15.6. The molecule has 15 heavy (non-hydrogen) atoms. The quantitative estimate of drug-likeness (QED) is 0.598. The van der Waals surface area contributed by atoms with Gasteiger partial charge in [-0.1, -0.05) is 27.2 Å². The molecule has 0 radical (unpaired) electrons. The smallest absolute Gasteiger partial charge is 0.0512 e. The minimum atomic E-state index is -0.130. The van der Waals surface area contributed by atoms with Crippen molar-refractivity contribution in [2.45, 2.75) is 59.5 Å². The van der Waals surface area contributed by atoms with Gasteiger partial charge in [0.15, 0.2) is 0 Å². The number of aliphatic hydroxyl groups excluding tert-OH is 1. The van der Waals surface area contributed by atoms with Crippen molar-refractivity contribution in [3.63, 3.8) is 0 Å². The van der Waals surface area contributed by atoms with Crippen LogP contribution in [0.2, 0.25) is 0 Å². The number of aliphatic hydroxyl groups is 1. The fraction of sp³-hybridized carbons (Fsp3) is 1.00. The molecule has 0 bridgehead atoms. The van der Waals surface area contributed by atoms with E-state index in [1.165, 1.54) is 25.9 Å². The SMILES string of the molecule is CCC(C)CN(CC)CCCCC(C)O. The van der Waals surface area contributed by atoms with Crippen LogP contribution in [0.1, 0.15) is 53.4 Å². The number of hydrogen-bond donors (Lipinski definition) is 1. The summed E-state index contributed by atoms with van der Waals surface area (Å²) in [4.78, 5) is 2.52. The Morgan fingerprint density at radius 1 is 1.13 bits per heavy atom. The lowest BCUT2D eigenvalue weighted by molar-refractivity contribution is 0.175. The molecule has 0 saturated heterocycles. The minimum absolute atomic E-state index is 0.130. The average Bonchev–Trinajstić information content (AvgIpc) is 2.21. The molecule has 0 aromatic carbocycles. The summed E-state index contributed by atoms with van der Waals surface area (Å²) in [7, 11) is 0. The Balaban J connectivity index is 3.52. The molecule has 0 aliphatic rings. The first-order valence-electron chi connectivity index (χ1n) is 6.50. The molecule has 0 amide bonds. The summed E-state index contributed by atoms with van der Waals surface area (Å²) < 4.78 is 0. The lowest BCUT2D eigenvalue weighted by Crippen LogP contribution is -2.29. The van der Waals surface area contributed by atoms with Crippen molar-refractivity contribution >= 4 is 0 Å². The summed E-state index contributed by atoms with van der Waals surface area (Å²) in [6, 6.07) is 0. The third-order valence-corrected chi connectivity index (χ3v) is 3.06. The van der Waals surface area contributed by atoms with Gasteiger partial charge in [0.25, 0.3) is 0 Å². The Morgan fingerprint density at radius 3 is 2.27 bits per heavy atom. The molecule has 0 fully saturated rings. The van der Waals surface area contributed by atoms with Crippen LogP contribution < -0.4 is 0 Å². The molecule has 0 aliphatic carbocycles. The molecule has 1 N–H and O–H groups in total. The van der Waals surface area contributed by atoms with E-state index in [0.29, 0.717) is 0 Å². The van der Waals surface area contributed by atoms with Crippen LogP contribution >= 0.6 is 0 Å². The van der Waals surface area contributed by atoms with E-state index >= 15 is 0 Å². The highest BCUT2D eigenvalue weighted by atomic mass is 16.3. The van der Waals surface area contributed by atoms with E-state index in [2.05, 4.69) is 25.7 Å². The lowest BCUT2D eigenvalue weighted by Gasteiger charge is -2.23. The zero-order chi connectivity index (χ0) is 11.7. The zero-order valence-electron chi connectivity index (χ0n) is 11.0. The molecule has 2 heteroatoms. The minimum Gasteiger partial charge on any atom is -0.393 e. The van der Waals surface area contributed by atoms with Gasteiger partial charge >= 0.3 is 0 Å². The Bertz CT molecular complexity index is 136. The highest BCUT2D eigenvalue weighted by Crippen LogP contribution is 2.07. The van der Waals surface area contributed by atoms with Crippen LogP contribution in [-0.2, 0) is 0 Å². The fourth-order valence-electron chi connectivity index (χ4n) is 1.72. The van der Waals surface area contributed by atoms with Gasteiger partial charge in [0, 0.05) is 6.54 Å². The Hall–Kier alpha value is -0.0800. The van der Waals surface area contributed by atoms with E-state index in [1.807, 2.05) is 6.92 Å². The van der Waals surface area contributed by atoms with E-state index in [1.54, 1.807) is 0 Å². The molecule has 0 saturated carbocycles. The summed E-state index contributed by atoms with van der Waals surface area (Å²) in [6.07, 6.45) is 4.45. The van der Waals surface area contributed by atoms with Gasteiger partial charge < -0.3 is 10.0 Å². The number of nitrogens with zero attached hydrogens (tertiary/aromatic N) is 1. The maximum absolute atomic E-state index is 9.14. The van der Waals surface area contributed by atoms with Crippen molar-refractivity contribution in [1.29, 1.82) is 0 Å². The molecule has 0 spiro atoms. The Kier molecular flexibility index (Phi) is 9.12. The molecule has 0 aromatic rings. The van der Waals surface area contributed by atoms with Gasteiger partial charge in [0.1, 0.15) is 0 Å². The van der Waals surface area contributed by atoms with Crippen molar-refractivity contribution in [3.05, 3.63) is 0 Å². The lowest BCUT2D eigenvalue weighted by atomic mass is 10.1. The van der Waals surface area contributed by atoms with Crippen molar-refractivity contribution < 1.29 is 5.11 Å².